The Morgan fingerprint density at radius 3 is 2.18 bits per heavy atom. The summed E-state index contributed by atoms with van der Waals surface area (Å²) in [5.74, 6) is -0.589. The largest absolute Gasteiger partial charge is 0.508 e. The molecule has 4 nitrogen and oxygen atoms in total. The number of phenols is 4. The van der Waals surface area contributed by atoms with Crippen LogP contribution in [0.2, 0.25) is 0 Å². The van der Waals surface area contributed by atoms with Crippen LogP contribution in [-0.4, -0.2) is 20.4 Å². The lowest BCUT2D eigenvalue weighted by atomic mass is 10.0. The molecule has 0 heterocycles. The summed E-state index contributed by atoms with van der Waals surface area (Å²) in [6.45, 7) is 0. The first-order valence-corrected chi connectivity index (χ1v) is 5.08. The van der Waals surface area contributed by atoms with Gasteiger partial charge in [-0.15, -0.1) is 0 Å². The molecule has 0 unspecified atom stereocenters. The predicted octanol–water partition coefficient (Wildman–Crippen LogP) is 2.10. The van der Waals surface area contributed by atoms with Gasteiger partial charge in [0.15, 0.2) is 11.5 Å². The van der Waals surface area contributed by atoms with E-state index in [2.05, 4.69) is 0 Å². The molecule has 88 valence electrons. The predicted molar refractivity (Wildman–Crippen MR) is 62.3 cm³/mol. The van der Waals surface area contributed by atoms with Crippen molar-refractivity contribution in [2.45, 2.75) is 6.42 Å². The Balaban J connectivity index is 2.33. The van der Waals surface area contributed by atoms with Gasteiger partial charge in [0.05, 0.1) is 0 Å². The molecule has 2 aromatic carbocycles. The number of hydrogen-bond donors (Lipinski definition) is 4. The average Bonchev–Trinajstić information content (AvgIpc) is 2.26. The molecule has 0 aromatic heterocycles. The molecule has 0 amide bonds. The summed E-state index contributed by atoms with van der Waals surface area (Å²) in [6, 6.07) is 9.01. The molecule has 0 spiro atoms. The molecule has 4 heteroatoms. The minimum atomic E-state index is -0.359. The lowest BCUT2D eigenvalue weighted by Gasteiger charge is -2.07. The molecule has 2 aromatic rings. The molecule has 0 radical (unpaired) electrons. The third-order valence-corrected chi connectivity index (χ3v) is 2.48. The number of benzene rings is 2. The Hall–Kier alpha value is -2.36. The van der Waals surface area contributed by atoms with Gasteiger partial charge in [-0.1, -0.05) is 12.1 Å². The van der Waals surface area contributed by atoms with Crippen molar-refractivity contribution in [3.05, 3.63) is 47.5 Å². The van der Waals surface area contributed by atoms with Crippen LogP contribution in [-0.2, 0) is 6.42 Å². The van der Waals surface area contributed by atoms with E-state index < -0.39 is 0 Å². The molecule has 2 rings (SSSR count). The van der Waals surface area contributed by atoms with Crippen LogP contribution in [0.1, 0.15) is 11.1 Å². The Morgan fingerprint density at radius 2 is 1.47 bits per heavy atom. The van der Waals surface area contributed by atoms with Crippen LogP contribution in [0.5, 0.6) is 23.0 Å². The van der Waals surface area contributed by atoms with E-state index >= 15 is 0 Å². The molecular formula is C13H12O4. The molecule has 4 N–H and O–H groups in total. The summed E-state index contributed by atoms with van der Waals surface area (Å²) < 4.78 is 0. The van der Waals surface area contributed by atoms with Gasteiger partial charge in [-0.25, -0.2) is 0 Å². The van der Waals surface area contributed by atoms with Gasteiger partial charge in [0, 0.05) is 18.1 Å². The van der Waals surface area contributed by atoms with Crippen molar-refractivity contribution >= 4 is 0 Å². The average molecular weight is 232 g/mol. The molecule has 0 aliphatic carbocycles. The summed E-state index contributed by atoms with van der Waals surface area (Å²) in [5, 5.41) is 37.5. The van der Waals surface area contributed by atoms with Crippen molar-refractivity contribution in [3.63, 3.8) is 0 Å². The van der Waals surface area contributed by atoms with E-state index in [0.29, 0.717) is 12.0 Å². The van der Waals surface area contributed by atoms with E-state index in [0.717, 1.165) is 11.6 Å². The highest BCUT2D eigenvalue weighted by Gasteiger charge is 2.08. The smallest absolute Gasteiger partial charge is 0.161 e. The standard InChI is InChI=1S/C13H12O4/c14-10-3-1-2-8(5-10)4-9-6-12(16)13(17)7-11(9)15/h1-3,5-7,14-17H,4H2. The van der Waals surface area contributed by atoms with Crippen LogP contribution in [0.25, 0.3) is 0 Å². The first-order valence-electron chi connectivity index (χ1n) is 5.08. The van der Waals surface area contributed by atoms with Gasteiger partial charge in [0.2, 0.25) is 0 Å². The van der Waals surface area contributed by atoms with Gasteiger partial charge in [-0.3, -0.25) is 0 Å². The summed E-state index contributed by atoms with van der Waals surface area (Å²) in [5.41, 5.74) is 1.27. The maximum absolute atomic E-state index is 9.61. The molecule has 0 fully saturated rings. The first kappa shape index (κ1) is 11.1. The van der Waals surface area contributed by atoms with Gasteiger partial charge < -0.3 is 20.4 Å². The van der Waals surface area contributed by atoms with Crippen molar-refractivity contribution in [1.29, 1.82) is 0 Å². The normalized spacial score (nSPS) is 10.4. The monoisotopic (exact) mass is 232 g/mol. The fourth-order valence-electron chi connectivity index (χ4n) is 1.64. The first-order chi connectivity index (χ1) is 8.06. The van der Waals surface area contributed by atoms with E-state index in [1.807, 2.05) is 0 Å². The van der Waals surface area contributed by atoms with Crippen molar-refractivity contribution in [2.75, 3.05) is 0 Å². The highest BCUT2D eigenvalue weighted by molar-refractivity contribution is 5.50. The van der Waals surface area contributed by atoms with Crippen molar-refractivity contribution in [1.82, 2.24) is 0 Å². The number of hydrogen-bond acceptors (Lipinski definition) is 4. The highest BCUT2D eigenvalue weighted by atomic mass is 16.3. The van der Waals surface area contributed by atoms with Gasteiger partial charge in [0.1, 0.15) is 11.5 Å². The highest BCUT2D eigenvalue weighted by Crippen LogP contribution is 2.33. The fraction of sp³-hybridized carbons (Fsp3) is 0.0769. The van der Waals surface area contributed by atoms with Crippen molar-refractivity contribution in [2.24, 2.45) is 0 Å². The second-order valence-electron chi connectivity index (χ2n) is 3.82. The summed E-state index contributed by atoms with van der Waals surface area (Å²) in [6.07, 6.45) is 0.355. The SMILES string of the molecule is Oc1cccc(Cc2cc(O)c(O)cc2O)c1. The molecule has 0 aliphatic rings. The van der Waals surface area contributed by atoms with E-state index in [1.54, 1.807) is 24.3 Å². The van der Waals surface area contributed by atoms with Crippen LogP contribution in [0.3, 0.4) is 0 Å². The van der Waals surface area contributed by atoms with Crippen molar-refractivity contribution in [3.8, 4) is 23.0 Å². The zero-order chi connectivity index (χ0) is 12.4. The Bertz CT molecular complexity index is 549. The lowest BCUT2D eigenvalue weighted by molar-refractivity contribution is 0.395. The lowest BCUT2D eigenvalue weighted by Crippen LogP contribution is -1.89. The fourth-order valence-corrected chi connectivity index (χ4v) is 1.64. The molecule has 17 heavy (non-hydrogen) atoms. The Kier molecular flexibility index (Phi) is 2.78. The van der Waals surface area contributed by atoms with E-state index in [4.69, 9.17) is 0 Å². The summed E-state index contributed by atoms with van der Waals surface area (Å²) in [7, 11) is 0. The molecule has 0 saturated carbocycles. The van der Waals surface area contributed by atoms with Gasteiger partial charge in [0.25, 0.3) is 0 Å². The van der Waals surface area contributed by atoms with E-state index in [1.165, 1.54) is 6.07 Å². The zero-order valence-corrected chi connectivity index (χ0v) is 8.96. The van der Waals surface area contributed by atoms with Gasteiger partial charge in [-0.05, 0) is 23.8 Å². The van der Waals surface area contributed by atoms with Crippen LogP contribution in [0.4, 0.5) is 0 Å². The number of rotatable bonds is 2. The maximum atomic E-state index is 9.61. The quantitative estimate of drug-likeness (QED) is 0.472. The maximum Gasteiger partial charge on any atom is 0.161 e. The third-order valence-electron chi connectivity index (χ3n) is 2.48. The molecule has 0 bridgehead atoms. The third kappa shape index (κ3) is 2.42. The molecule has 0 saturated heterocycles. The van der Waals surface area contributed by atoms with E-state index in [-0.39, 0.29) is 23.0 Å². The number of phenolic OH excluding ortho intramolecular Hbond substituents is 4. The Morgan fingerprint density at radius 1 is 0.765 bits per heavy atom. The van der Waals surface area contributed by atoms with Crippen LogP contribution < -0.4 is 0 Å². The van der Waals surface area contributed by atoms with Crippen LogP contribution >= 0.6 is 0 Å². The zero-order valence-electron chi connectivity index (χ0n) is 8.96. The number of aromatic hydroxyl groups is 4. The molecule has 0 atom stereocenters. The summed E-state index contributed by atoms with van der Waals surface area (Å²) >= 11 is 0. The van der Waals surface area contributed by atoms with Crippen LogP contribution in [0, 0.1) is 0 Å². The second-order valence-corrected chi connectivity index (χ2v) is 3.82. The second kappa shape index (κ2) is 4.25. The van der Waals surface area contributed by atoms with Gasteiger partial charge in [-0.2, -0.15) is 0 Å². The van der Waals surface area contributed by atoms with Crippen molar-refractivity contribution < 1.29 is 20.4 Å². The Labute approximate surface area is 98.0 Å². The molecular weight excluding hydrogens is 220 g/mol. The van der Waals surface area contributed by atoms with E-state index in [9.17, 15) is 20.4 Å². The topological polar surface area (TPSA) is 80.9 Å². The van der Waals surface area contributed by atoms with Crippen LogP contribution in [0.15, 0.2) is 36.4 Å². The minimum Gasteiger partial charge on any atom is -0.508 e. The summed E-state index contributed by atoms with van der Waals surface area (Å²) in [4.78, 5) is 0. The minimum absolute atomic E-state index is 0.0938. The molecule has 0 aliphatic heterocycles. The van der Waals surface area contributed by atoms with Gasteiger partial charge >= 0.3 is 0 Å².